The van der Waals surface area contributed by atoms with Crippen LogP contribution in [0.3, 0.4) is 0 Å². The van der Waals surface area contributed by atoms with E-state index in [1.54, 1.807) is 6.07 Å². The van der Waals surface area contributed by atoms with E-state index in [1.807, 2.05) is 71.3 Å². The fraction of sp³-hybridized carbons (Fsp3) is 0. The summed E-state index contributed by atoms with van der Waals surface area (Å²) in [5, 5.41) is 0.978. The van der Waals surface area contributed by atoms with Gasteiger partial charge in [-0.15, -0.1) is 0 Å². The van der Waals surface area contributed by atoms with Gasteiger partial charge in [-0.25, -0.2) is 15.0 Å². The van der Waals surface area contributed by atoms with Crippen LogP contribution in [0.15, 0.2) is 72.8 Å². The normalized spacial score (nSPS) is 11.3. The maximum absolute atomic E-state index is 6.27. The van der Waals surface area contributed by atoms with Crippen molar-refractivity contribution >= 4 is 45.5 Å². The van der Waals surface area contributed by atoms with Crippen molar-refractivity contribution in [2.24, 2.45) is 0 Å². The summed E-state index contributed by atoms with van der Waals surface area (Å²) in [6, 6.07) is 23.2. The molecule has 2 aromatic heterocycles. The van der Waals surface area contributed by atoms with Crippen LogP contribution in [0, 0.1) is 0 Å². The number of halogens is 2. The number of aromatic nitrogens is 4. The Hall–Kier alpha value is -2.95. The lowest BCUT2D eigenvalue weighted by Gasteiger charge is -2.10. The fourth-order valence-corrected chi connectivity index (χ4v) is 3.40. The second-order valence-electron chi connectivity index (χ2n) is 6.09. The van der Waals surface area contributed by atoms with Crippen LogP contribution in [0.2, 0.25) is 10.0 Å². The van der Waals surface area contributed by atoms with E-state index in [2.05, 4.69) is 0 Å². The SMILES string of the molecule is Clc1ccc(-n2c(-c3ccccc3)nc3nc4ccccc4nc32)cc1Cl. The number of para-hydroxylation sites is 2. The van der Waals surface area contributed by atoms with E-state index in [4.69, 9.17) is 38.2 Å². The molecule has 0 N–H and O–H groups in total. The largest absolute Gasteiger partial charge is 0.275 e. The van der Waals surface area contributed by atoms with Gasteiger partial charge in [-0.1, -0.05) is 65.7 Å². The van der Waals surface area contributed by atoms with Crippen LogP contribution in [0.25, 0.3) is 39.4 Å². The molecule has 4 nitrogen and oxygen atoms in total. The summed E-state index contributed by atoms with van der Waals surface area (Å²) >= 11 is 12.4. The maximum atomic E-state index is 6.27. The second-order valence-corrected chi connectivity index (χ2v) is 6.91. The maximum Gasteiger partial charge on any atom is 0.199 e. The highest BCUT2D eigenvalue weighted by atomic mass is 35.5. The van der Waals surface area contributed by atoms with Crippen LogP contribution in [-0.4, -0.2) is 19.5 Å². The minimum Gasteiger partial charge on any atom is -0.275 e. The molecule has 0 bridgehead atoms. The van der Waals surface area contributed by atoms with Crippen LogP contribution in [-0.2, 0) is 0 Å². The molecule has 0 unspecified atom stereocenters. The Kier molecular flexibility index (Phi) is 3.81. The van der Waals surface area contributed by atoms with Crippen molar-refractivity contribution in [2.45, 2.75) is 0 Å². The van der Waals surface area contributed by atoms with Crippen molar-refractivity contribution in [1.82, 2.24) is 19.5 Å². The zero-order valence-electron chi connectivity index (χ0n) is 14.0. The van der Waals surface area contributed by atoms with Gasteiger partial charge in [0.15, 0.2) is 11.3 Å². The first-order valence-electron chi connectivity index (χ1n) is 8.37. The minimum absolute atomic E-state index is 0.476. The van der Waals surface area contributed by atoms with Gasteiger partial charge in [0.05, 0.1) is 26.8 Å². The molecule has 0 aliphatic heterocycles. The number of hydrogen-bond acceptors (Lipinski definition) is 3. The second kappa shape index (κ2) is 6.34. The Bertz CT molecular complexity index is 1300. The highest BCUT2D eigenvalue weighted by molar-refractivity contribution is 6.42. The molecule has 0 spiro atoms. The average Bonchev–Trinajstić information content (AvgIpc) is 3.07. The molecule has 0 saturated carbocycles. The zero-order valence-corrected chi connectivity index (χ0v) is 15.5. The Morgan fingerprint density at radius 3 is 2.11 bits per heavy atom. The van der Waals surface area contributed by atoms with Crippen molar-refractivity contribution < 1.29 is 0 Å². The van der Waals surface area contributed by atoms with E-state index >= 15 is 0 Å². The van der Waals surface area contributed by atoms with Gasteiger partial charge in [0, 0.05) is 5.56 Å². The Morgan fingerprint density at radius 2 is 1.37 bits per heavy atom. The monoisotopic (exact) mass is 390 g/mol. The summed E-state index contributed by atoms with van der Waals surface area (Å²) in [7, 11) is 0. The minimum atomic E-state index is 0.476. The molecule has 0 aliphatic carbocycles. The quantitative estimate of drug-likeness (QED) is 0.374. The van der Waals surface area contributed by atoms with Crippen molar-refractivity contribution in [1.29, 1.82) is 0 Å². The topological polar surface area (TPSA) is 43.6 Å². The molecule has 0 amide bonds. The lowest BCUT2D eigenvalue weighted by molar-refractivity contribution is 1.08. The third-order valence-corrected chi connectivity index (χ3v) is 5.10. The molecule has 2 heterocycles. The van der Waals surface area contributed by atoms with Crippen LogP contribution in [0.4, 0.5) is 0 Å². The van der Waals surface area contributed by atoms with E-state index < -0.39 is 0 Å². The van der Waals surface area contributed by atoms with Gasteiger partial charge in [-0.05, 0) is 30.3 Å². The number of benzene rings is 3. The van der Waals surface area contributed by atoms with Gasteiger partial charge in [-0.2, -0.15) is 0 Å². The van der Waals surface area contributed by atoms with Gasteiger partial charge in [-0.3, -0.25) is 4.57 Å². The average molecular weight is 391 g/mol. The van der Waals surface area contributed by atoms with E-state index in [0.29, 0.717) is 21.3 Å². The molecule has 0 radical (unpaired) electrons. The standard InChI is InChI=1S/C21H12Cl2N4/c22-15-11-10-14(12-16(15)23)27-20(13-6-2-1-3-7-13)26-19-21(27)25-18-9-5-4-8-17(18)24-19/h1-12H. The molecule has 5 aromatic rings. The van der Waals surface area contributed by atoms with Gasteiger partial charge < -0.3 is 0 Å². The van der Waals surface area contributed by atoms with Gasteiger partial charge in [0.25, 0.3) is 0 Å². The van der Waals surface area contributed by atoms with E-state index in [9.17, 15) is 0 Å². The van der Waals surface area contributed by atoms with E-state index in [1.165, 1.54) is 0 Å². The zero-order chi connectivity index (χ0) is 18.4. The van der Waals surface area contributed by atoms with Gasteiger partial charge in [0.2, 0.25) is 0 Å². The van der Waals surface area contributed by atoms with Crippen LogP contribution >= 0.6 is 23.2 Å². The number of rotatable bonds is 2. The number of hydrogen-bond donors (Lipinski definition) is 0. The summed E-state index contributed by atoms with van der Waals surface area (Å²) in [5.41, 5.74) is 4.67. The van der Waals surface area contributed by atoms with Crippen LogP contribution < -0.4 is 0 Å². The van der Waals surface area contributed by atoms with Gasteiger partial charge in [0.1, 0.15) is 5.82 Å². The Balaban J connectivity index is 1.89. The molecule has 5 rings (SSSR count). The van der Waals surface area contributed by atoms with Crippen molar-refractivity contribution in [3.05, 3.63) is 82.8 Å². The van der Waals surface area contributed by atoms with Crippen molar-refractivity contribution in [2.75, 3.05) is 0 Å². The third kappa shape index (κ3) is 2.74. The Morgan fingerprint density at radius 1 is 0.667 bits per heavy atom. The number of imidazole rings is 1. The summed E-state index contributed by atoms with van der Waals surface area (Å²) in [4.78, 5) is 14.3. The lowest BCUT2D eigenvalue weighted by atomic mass is 10.2. The van der Waals surface area contributed by atoms with Crippen molar-refractivity contribution in [3.8, 4) is 17.1 Å². The lowest BCUT2D eigenvalue weighted by Crippen LogP contribution is -1.99. The number of nitrogens with zero attached hydrogens (tertiary/aromatic N) is 4. The molecule has 0 saturated heterocycles. The first-order chi connectivity index (χ1) is 13.2. The fourth-order valence-electron chi connectivity index (χ4n) is 3.11. The van der Waals surface area contributed by atoms with Gasteiger partial charge >= 0.3 is 0 Å². The molecular formula is C21H12Cl2N4. The number of fused-ring (bicyclic) bond motifs is 2. The molecule has 130 valence electrons. The highest BCUT2D eigenvalue weighted by Gasteiger charge is 2.18. The first kappa shape index (κ1) is 16.2. The third-order valence-electron chi connectivity index (χ3n) is 4.36. The molecule has 6 heteroatoms. The summed E-state index contributed by atoms with van der Waals surface area (Å²) in [5.74, 6) is 0.749. The molecule has 0 aliphatic rings. The van der Waals surface area contributed by atoms with Crippen LogP contribution in [0.1, 0.15) is 0 Å². The first-order valence-corrected chi connectivity index (χ1v) is 9.12. The van der Waals surface area contributed by atoms with Crippen molar-refractivity contribution in [3.63, 3.8) is 0 Å². The summed E-state index contributed by atoms with van der Waals surface area (Å²) in [6.45, 7) is 0. The molecule has 27 heavy (non-hydrogen) atoms. The van der Waals surface area contributed by atoms with Crippen LogP contribution in [0.5, 0.6) is 0 Å². The van der Waals surface area contributed by atoms with E-state index in [0.717, 1.165) is 28.1 Å². The molecule has 0 atom stereocenters. The summed E-state index contributed by atoms with van der Waals surface area (Å²) in [6.07, 6.45) is 0. The molecule has 0 fully saturated rings. The predicted octanol–water partition coefficient (Wildman–Crippen LogP) is 5.94. The smallest absolute Gasteiger partial charge is 0.199 e. The predicted molar refractivity (Wildman–Crippen MR) is 110 cm³/mol. The summed E-state index contributed by atoms with van der Waals surface area (Å²) < 4.78 is 1.96. The molecular weight excluding hydrogens is 379 g/mol. The Labute approximate surface area is 165 Å². The van der Waals surface area contributed by atoms with E-state index in [-0.39, 0.29) is 0 Å². The molecule has 3 aromatic carbocycles. The highest BCUT2D eigenvalue weighted by Crippen LogP contribution is 2.31.